The fraction of sp³-hybridized carbons (Fsp3) is 0.0500. The second-order valence-electron chi connectivity index (χ2n) is 5.37. The molecule has 1 heterocycles. The number of pyridine rings is 1. The van der Waals surface area contributed by atoms with Gasteiger partial charge in [0, 0.05) is 16.8 Å². The van der Waals surface area contributed by atoms with Crippen LogP contribution in [0, 0.1) is 0 Å². The van der Waals surface area contributed by atoms with Crippen molar-refractivity contribution in [2.24, 2.45) is 0 Å². The summed E-state index contributed by atoms with van der Waals surface area (Å²) in [4.78, 5) is 28.3. The van der Waals surface area contributed by atoms with Crippen LogP contribution in [0.2, 0.25) is 0 Å². The molecule has 0 saturated heterocycles. The van der Waals surface area contributed by atoms with Crippen LogP contribution in [0.15, 0.2) is 72.8 Å². The summed E-state index contributed by atoms with van der Waals surface area (Å²) < 4.78 is 0. The lowest BCUT2D eigenvalue weighted by molar-refractivity contribution is 0.101. The maximum absolute atomic E-state index is 12.3. The molecule has 0 fully saturated rings. The number of carbonyl (C=O) groups excluding carboxylic acids is 2. The van der Waals surface area contributed by atoms with Crippen molar-refractivity contribution in [3.05, 3.63) is 84.1 Å². The van der Waals surface area contributed by atoms with E-state index in [1.807, 2.05) is 48.5 Å². The summed E-state index contributed by atoms with van der Waals surface area (Å²) in [7, 11) is 0. The molecule has 0 atom stereocenters. The van der Waals surface area contributed by atoms with Crippen molar-refractivity contribution < 1.29 is 9.59 Å². The Balaban J connectivity index is 1.88. The van der Waals surface area contributed by atoms with Crippen LogP contribution in [0.3, 0.4) is 0 Å². The minimum Gasteiger partial charge on any atom is -0.321 e. The van der Waals surface area contributed by atoms with Crippen LogP contribution in [0.1, 0.15) is 27.8 Å². The molecule has 4 heteroatoms. The number of amides is 1. The maximum Gasteiger partial charge on any atom is 0.274 e. The molecule has 3 rings (SSSR count). The van der Waals surface area contributed by atoms with Crippen LogP contribution in [-0.4, -0.2) is 16.7 Å². The third-order valence-electron chi connectivity index (χ3n) is 3.58. The highest BCUT2D eigenvalue weighted by atomic mass is 16.2. The molecule has 0 saturated carbocycles. The van der Waals surface area contributed by atoms with Crippen molar-refractivity contribution in [3.8, 4) is 11.3 Å². The van der Waals surface area contributed by atoms with Gasteiger partial charge in [0.1, 0.15) is 5.69 Å². The number of rotatable bonds is 4. The summed E-state index contributed by atoms with van der Waals surface area (Å²) in [5, 5.41) is 2.81. The Hall–Kier alpha value is -3.27. The Labute approximate surface area is 140 Å². The lowest BCUT2D eigenvalue weighted by atomic mass is 10.1. The molecular weight excluding hydrogens is 300 g/mol. The van der Waals surface area contributed by atoms with Gasteiger partial charge in [-0.1, -0.05) is 42.5 Å². The number of nitrogens with one attached hydrogen (secondary N) is 1. The first-order valence-corrected chi connectivity index (χ1v) is 7.58. The molecule has 0 radical (unpaired) electrons. The number of aromatic nitrogens is 1. The zero-order valence-electron chi connectivity index (χ0n) is 13.2. The van der Waals surface area contributed by atoms with Crippen molar-refractivity contribution >= 4 is 17.4 Å². The highest BCUT2D eigenvalue weighted by molar-refractivity contribution is 6.03. The summed E-state index contributed by atoms with van der Waals surface area (Å²) in [5.41, 5.74) is 3.11. The van der Waals surface area contributed by atoms with E-state index in [2.05, 4.69) is 10.3 Å². The number of hydrogen-bond donors (Lipinski definition) is 1. The lowest BCUT2D eigenvalue weighted by Crippen LogP contribution is -2.13. The molecule has 2 aromatic carbocycles. The van der Waals surface area contributed by atoms with Crippen molar-refractivity contribution in [1.29, 1.82) is 0 Å². The van der Waals surface area contributed by atoms with E-state index in [0.29, 0.717) is 22.6 Å². The van der Waals surface area contributed by atoms with Gasteiger partial charge in [0.2, 0.25) is 0 Å². The zero-order chi connectivity index (χ0) is 16.9. The van der Waals surface area contributed by atoms with E-state index in [9.17, 15) is 9.59 Å². The van der Waals surface area contributed by atoms with Gasteiger partial charge < -0.3 is 5.32 Å². The summed E-state index contributed by atoms with van der Waals surface area (Å²) in [6, 6.07) is 21.7. The fourth-order valence-electron chi connectivity index (χ4n) is 2.34. The Kier molecular flexibility index (Phi) is 4.47. The molecule has 24 heavy (non-hydrogen) atoms. The minimum absolute atomic E-state index is 0.00479. The molecule has 4 nitrogen and oxygen atoms in total. The van der Waals surface area contributed by atoms with Crippen LogP contribution in [0.25, 0.3) is 11.3 Å². The van der Waals surface area contributed by atoms with Gasteiger partial charge in [-0.15, -0.1) is 0 Å². The average molecular weight is 316 g/mol. The van der Waals surface area contributed by atoms with Crippen LogP contribution < -0.4 is 5.32 Å². The number of para-hydroxylation sites is 1. The molecule has 1 aromatic heterocycles. The highest BCUT2D eigenvalue weighted by Gasteiger charge is 2.10. The molecule has 0 unspecified atom stereocenters. The van der Waals surface area contributed by atoms with Crippen molar-refractivity contribution in [2.75, 3.05) is 5.32 Å². The predicted molar refractivity (Wildman–Crippen MR) is 94.1 cm³/mol. The first-order chi connectivity index (χ1) is 11.6. The van der Waals surface area contributed by atoms with Gasteiger partial charge >= 0.3 is 0 Å². The number of anilines is 1. The second kappa shape index (κ2) is 6.87. The number of carbonyl (C=O) groups is 2. The molecule has 0 aliphatic carbocycles. The van der Waals surface area contributed by atoms with Gasteiger partial charge in [-0.3, -0.25) is 9.59 Å². The third kappa shape index (κ3) is 3.55. The van der Waals surface area contributed by atoms with Crippen LogP contribution >= 0.6 is 0 Å². The van der Waals surface area contributed by atoms with Gasteiger partial charge in [0.15, 0.2) is 5.78 Å². The summed E-state index contributed by atoms with van der Waals surface area (Å²) >= 11 is 0. The van der Waals surface area contributed by atoms with Gasteiger partial charge in [-0.25, -0.2) is 4.98 Å². The first-order valence-electron chi connectivity index (χ1n) is 7.58. The summed E-state index contributed by atoms with van der Waals surface area (Å²) in [6.45, 7) is 1.52. The van der Waals surface area contributed by atoms with E-state index in [-0.39, 0.29) is 11.7 Å². The number of Topliss-reactive ketones (excluding diaryl/α,β-unsaturated/α-hetero) is 1. The number of benzene rings is 2. The topological polar surface area (TPSA) is 59.1 Å². The van der Waals surface area contributed by atoms with Gasteiger partial charge in [-0.2, -0.15) is 0 Å². The maximum atomic E-state index is 12.3. The van der Waals surface area contributed by atoms with Crippen LogP contribution in [-0.2, 0) is 0 Å². The second-order valence-corrected chi connectivity index (χ2v) is 5.37. The van der Waals surface area contributed by atoms with Crippen molar-refractivity contribution in [3.63, 3.8) is 0 Å². The quantitative estimate of drug-likeness (QED) is 0.734. The predicted octanol–water partition coefficient (Wildman–Crippen LogP) is 4.20. The van der Waals surface area contributed by atoms with E-state index < -0.39 is 0 Å². The van der Waals surface area contributed by atoms with Gasteiger partial charge in [0.25, 0.3) is 5.91 Å². The number of hydrogen-bond acceptors (Lipinski definition) is 3. The Morgan fingerprint density at radius 1 is 0.875 bits per heavy atom. The summed E-state index contributed by atoms with van der Waals surface area (Å²) in [5.74, 6) is -0.277. The Morgan fingerprint density at radius 2 is 1.62 bits per heavy atom. The standard InChI is InChI=1S/C20H16N2O2/c1-14(23)15-7-5-8-16(13-15)18-11-6-12-19(22-18)20(24)21-17-9-3-2-4-10-17/h2-13H,1H3,(H,21,24). The molecule has 3 aromatic rings. The van der Waals surface area contributed by atoms with E-state index in [1.54, 1.807) is 24.3 Å². The molecule has 1 N–H and O–H groups in total. The average Bonchev–Trinajstić information content (AvgIpc) is 2.63. The van der Waals surface area contributed by atoms with Gasteiger partial charge in [-0.05, 0) is 37.3 Å². The molecule has 0 aliphatic heterocycles. The molecule has 0 aliphatic rings. The van der Waals surface area contributed by atoms with E-state index in [4.69, 9.17) is 0 Å². The van der Waals surface area contributed by atoms with Crippen molar-refractivity contribution in [1.82, 2.24) is 4.98 Å². The van der Waals surface area contributed by atoms with Gasteiger partial charge in [0.05, 0.1) is 5.69 Å². The number of nitrogens with zero attached hydrogens (tertiary/aromatic N) is 1. The molecule has 1 amide bonds. The molecular formula is C20H16N2O2. The summed E-state index contributed by atoms with van der Waals surface area (Å²) in [6.07, 6.45) is 0. The Morgan fingerprint density at radius 3 is 2.38 bits per heavy atom. The third-order valence-corrected chi connectivity index (χ3v) is 3.58. The fourth-order valence-corrected chi connectivity index (χ4v) is 2.34. The molecule has 0 spiro atoms. The SMILES string of the molecule is CC(=O)c1cccc(-c2cccc(C(=O)Nc3ccccc3)n2)c1. The van der Waals surface area contributed by atoms with Crippen molar-refractivity contribution in [2.45, 2.75) is 6.92 Å². The van der Waals surface area contributed by atoms with Crippen LogP contribution in [0.5, 0.6) is 0 Å². The monoisotopic (exact) mass is 316 g/mol. The zero-order valence-corrected chi connectivity index (χ0v) is 13.2. The first kappa shape index (κ1) is 15.6. The highest BCUT2D eigenvalue weighted by Crippen LogP contribution is 2.19. The van der Waals surface area contributed by atoms with Crippen LogP contribution in [0.4, 0.5) is 5.69 Å². The Bertz CT molecular complexity index is 889. The van der Waals surface area contributed by atoms with E-state index in [1.165, 1.54) is 6.92 Å². The lowest BCUT2D eigenvalue weighted by Gasteiger charge is -2.07. The normalized spacial score (nSPS) is 10.2. The minimum atomic E-state index is -0.272. The largest absolute Gasteiger partial charge is 0.321 e. The van der Waals surface area contributed by atoms with E-state index in [0.717, 1.165) is 5.56 Å². The van der Waals surface area contributed by atoms with E-state index >= 15 is 0 Å². The number of ketones is 1. The smallest absolute Gasteiger partial charge is 0.274 e. The molecule has 0 bridgehead atoms. The molecule has 118 valence electrons.